The van der Waals surface area contributed by atoms with Crippen molar-refractivity contribution in [3.63, 3.8) is 0 Å². The Kier molecular flexibility index (Phi) is 6.39. The molecule has 0 aliphatic rings. The third-order valence-corrected chi connectivity index (χ3v) is 2.83. The fourth-order valence-corrected chi connectivity index (χ4v) is 1.68. The van der Waals surface area contributed by atoms with Gasteiger partial charge in [-0.25, -0.2) is 0 Å². The van der Waals surface area contributed by atoms with E-state index in [0.717, 1.165) is 0 Å². The summed E-state index contributed by atoms with van der Waals surface area (Å²) in [5.74, 6) is 1.84. The van der Waals surface area contributed by atoms with E-state index in [0.29, 0.717) is 37.5 Å². The summed E-state index contributed by atoms with van der Waals surface area (Å²) in [7, 11) is 5.77. The van der Waals surface area contributed by atoms with Crippen LogP contribution in [0.1, 0.15) is 0 Å². The summed E-state index contributed by atoms with van der Waals surface area (Å²) < 4.78 is 0. The van der Waals surface area contributed by atoms with Crippen LogP contribution in [0.5, 0.6) is 0 Å². The number of nitrogens with zero attached hydrogens (tertiary/aromatic N) is 6. The van der Waals surface area contributed by atoms with Gasteiger partial charge in [0.25, 0.3) is 0 Å². The second kappa shape index (κ2) is 8.04. The van der Waals surface area contributed by atoms with Crippen LogP contribution < -0.4 is 14.7 Å². The molecule has 0 aliphatic heterocycles. The monoisotopic (exact) mass is 288 g/mol. The van der Waals surface area contributed by atoms with E-state index in [9.17, 15) is 0 Å². The molecule has 0 saturated carbocycles. The first-order chi connectivity index (χ1) is 10.0. The molecule has 1 rings (SSSR count). The first-order valence-electron chi connectivity index (χ1n) is 6.75. The van der Waals surface area contributed by atoms with Crippen LogP contribution in [0.25, 0.3) is 0 Å². The van der Waals surface area contributed by atoms with Gasteiger partial charge in [-0.15, -0.1) is 19.7 Å². The Morgan fingerprint density at radius 1 is 0.667 bits per heavy atom. The molecule has 0 spiro atoms. The minimum atomic E-state index is 0.613. The van der Waals surface area contributed by atoms with Crippen LogP contribution in [0.2, 0.25) is 0 Å². The lowest BCUT2D eigenvalue weighted by atomic mass is 10.5. The molecule has 0 aliphatic carbocycles. The molecule has 0 N–H and O–H groups in total. The zero-order chi connectivity index (χ0) is 15.8. The topological polar surface area (TPSA) is 48.4 Å². The van der Waals surface area contributed by atoms with E-state index in [1.807, 2.05) is 54.1 Å². The maximum atomic E-state index is 4.49. The lowest BCUT2D eigenvalue weighted by molar-refractivity contribution is 0.843. The van der Waals surface area contributed by atoms with Gasteiger partial charge in [0, 0.05) is 40.8 Å². The van der Waals surface area contributed by atoms with Crippen LogP contribution in [-0.2, 0) is 0 Å². The second-order valence-electron chi connectivity index (χ2n) is 4.74. The van der Waals surface area contributed by atoms with Crippen LogP contribution in [0, 0.1) is 0 Å². The fourth-order valence-electron chi connectivity index (χ4n) is 1.68. The van der Waals surface area contributed by atoms with Gasteiger partial charge in [-0.2, -0.15) is 15.0 Å². The van der Waals surface area contributed by atoms with Gasteiger partial charge in [-0.05, 0) is 0 Å². The van der Waals surface area contributed by atoms with Crippen molar-refractivity contribution in [2.45, 2.75) is 0 Å². The van der Waals surface area contributed by atoms with Crippen LogP contribution in [0.15, 0.2) is 38.0 Å². The van der Waals surface area contributed by atoms with E-state index in [1.165, 1.54) is 0 Å². The normalized spacial score (nSPS) is 9.86. The van der Waals surface area contributed by atoms with E-state index < -0.39 is 0 Å². The first kappa shape index (κ1) is 16.7. The zero-order valence-electron chi connectivity index (χ0n) is 13.2. The highest BCUT2D eigenvalue weighted by Gasteiger charge is 2.14. The molecule has 0 saturated heterocycles. The molecule has 0 radical (unpaired) electrons. The van der Waals surface area contributed by atoms with Gasteiger partial charge < -0.3 is 14.7 Å². The minimum absolute atomic E-state index is 0.613. The lowest BCUT2D eigenvalue weighted by Gasteiger charge is -2.22. The quantitative estimate of drug-likeness (QED) is 0.645. The first-order valence-corrected chi connectivity index (χ1v) is 6.75. The summed E-state index contributed by atoms with van der Waals surface area (Å²) in [6.07, 6.45) is 5.43. The van der Waals surface area contributed by atoms with Crippen molar-refractivity contribution in [2.24, 2.45) is 0 Å². The molecule has 0 bridgehead atoms. The Hall–Kier alpha value is -2.37. The predicted molar refractivity (Wildman–Crippen MR) is 90.2 cm³/mol. The standard InChI is InChI=1S/C15H24N6/c1-7-10-19(4)13-16-14(20(5)11-8-2)18-15(17-13)21(6)12-9-3/h7-9H,1-3,10-12H2,4-6H3. The van der Waals surface area contributed by atoms with Crippen molar-refractivity contribution in [3.05, 3.63) is 38.0 Å². The minimum Gasteiger partial charge on any atom is -0.340 e. The van der Waals surface area contributed by atoms with Gasteiger partial charge in [0.05, 0.1) is 0 Å². The molecule has 1 aromatic rings. The van der Waals surface area contributed by atoms with Crippen molar-refractivity contribution in [2.75, 3.05) is 55.5 Å². The van der Waals surface area contributed by atoms with E-state index >= 15 is 0 Å². The highest BCUT2D eigenvalue weighted by Crippen LogP contribution is 2.17. The van der Waals surface area contributed by atoms with Crippen LogP contribution in [-0.4, -0.2) is 55.7 Å². The maximum absolute atomic E-state index is 4.49. The van der Waals surface area contributed by atoms with Crippen LogP contribution in [0.3, 0.4) is 0 Å². The number of likely N-dealkylation sites (N-methyl/N-ethyl adjacent to an activating group) is 3. The molecule has 0 atom stereocenters. The van der Waals surface area contributed by atoms with Gasteiger partial charge in [0.1, 0.15) is 0 Å². The van der Waals surface area contributed by atoms with Gasteiger partial charge in [-0.1, -0.05) is 18.2 Å². The van der Waals surface area contributed by atoms with E-state index in [2.05, 4.69) is 34.7 Å². The number of hydrogen-bond acceptors (Lipinski definition) is 6. The Morgan fingerprint density at radius 3 is 1.10 bits per heavy atom. The summed E-state index contributed by atoms with van der Waals surface area (Å²) in [5, 5.41) is 0. The third kappa shape index (κ3) is 4.59. The molecular weight excluding hydrogens is 264 g/mol. The smallest absolute Gasteiger partial charge is 0.231 e. The Morgan fingerprint density at radius 2 is 0.905 bits per heavy atom. The van der Waals surface area contributed by atoms with Crippen molar-refractivity contribution < 1.29 is 0 Å². The average Bonchev–Trinajstić information content (AvgIpc) is 2.47. The molecule has 1 heterocycles. The van der Waals surface area contributed by atoms with Gasteiger partial charge in [0.2, 0.25) is 17.8 Å². The molecule has 1 aromatic heterocycles. The molecule has 0 amide bonds. The summed E-state index contributed by atoms with van der Waals surface area (Å²) in [6.45, 7) is 13.2. The van der Waals surface area contributed by atoms with E-state index in [-0.39, 0.29) is 0 Å². The molecule has 0 fully saturated rings. The van der Waals surface area contributed by atoms with Gasteiger partial charge >= 0.3 is 0 Å². The van der Waals surface area contributed by atoms with Crippen LogP contribution in [0.4, 0.5) is 17.8 Å². The van der Waals surface area contributed by atoms with Crippen LogP contribution >= 0.6 is 0 Å². The Balaban J connectivity index is 3.20. The van der Waals surface area contributed by atoms with Gasteiger partial charge in [-0.3, -0.25) is 0 Å². The summed E-state index contributed by atoms with van der Waals surface area (Å²) >= 11 is 0. The summed E-state index contributed by atoms with van der Waals surface area (Å²) in [5.41, 5.74) is 0. The number of aromatic nitrogens is 3. The molecule has 0 aromatic carbocycles. The van der Waals surface area contributed by atoms with Crippen molar-refractivity contribution in [1.29, 1.82) is 0 Å². The molecular formula is C15H24N6. The van der Waals surface area contributed by atoms with E-state index in [4.69, 9.17) is 0 Å². The van der Waals surface area contributed by atoms with Gasteiger partial charge in [0.15, 0.2) is 0 Å². The number of rotatable bonds is 9. The lowest BCUT2D eigenvalue weighted by Crippen LogP contribution is -2.27. The van der Waals surface area contributed by atoms with Crippen molar-refractivity contribution in [1.82, 2.24) is 15.0 Å². The highest BCUT2D eigenvalue weighted by atomic mass is 15.4. The van der Waals surface area contributed by atoms with Crippen molar-refractivity contribution in [3.8, 4) is 0 Å². The summed E-state index contributed by atoms with van der Waals surface area (Å²) in [4.78, 5) is 19.2. The third-order valence-electron chi connectivity index (χ3n) is 2.83. The highest BCUT2D eigenvalue weighted by molar-refractivity contribution is 5.46. The molecule has 114 valence electrons. The maximum Gasteiger partial charge on any atom is 0.231 e. The average molecular weight is 288 g/mol. The predicted octanol–water partition coefficient (Wildman–Crippen LogP) is 1.74. The molecule has 6 heteroatoms. The number of hydrogen-bond donors (Lipinski definition) is 0. The molecule has 6 nitrogen and oxygen atoms in total. The Labute approximate surface area is 127 Å². The summed E-state index contributed by atoms with van der Waals surface area (Å²) in [6, 6.07) is 0. The van der Waals surface area contributed by atoms with Crippen molar-refractivity contribution >= 4 is 17.8 Å². The fraction of sp³-hybridized carbons (Fsp3) is 0.400. The SMILES string of the molecule is C=CCN(C)c1nc(N(C)CC=C)nc(N(C)CC=C)n1. The second-order valence-corrected chi connectivity index (χ2v) is 4.74. The van der Waals surface area contributed by atoms with E-state index in [1.54, 1.807) is 0 Å². The molecule has 0 unspecified atom stereocenters. The number of anilines is 3. The largest absolute Gasteiger partial charge is 0.340 e. The zero-order valence-corrected chi connectivity index (χ0v) is 13.2. The Bertz CT molecular complexity index is 415. The molecule has 21 heavy (non-hydrogen) atoms.